The van der Waals surface area contributed by atoms with E-state index in [0.29, 0.717) is 6.54 Å². The van der Waals surface area contributed by atoms with Crippen molar-refractivity contribution in [3.05, 3.63) is 35.9 Å². The number of aromatic nitrogens is 5. The standard InChI is InChI=1S/C18H27N7O/c1-14-7-10-24(11-8-14)12-17-20-21-22-25(17)13-18(26)23(3)15(2)16-6-4-5-9-19-16/h4-6,9,14-15H,7-8,10-13H2,1-3H3. The second-order valence-electron chi connectivity index (χ2n) is 7.15. The third-order valence-corrected chi connectivity index (χ3v) is 5.22. The molecule has 1 amide bonds. The molecule has 0 saturated carbocycles. The summed E-state index contributed by atoms with van der Waals surface area (Å²) < 4.78 is 1.61. The summed E-state index contributed by atoms with van der Waals surface area (Å²) in [5.41, 5.74) is 0.864. The molecule has 1 aliphatic rings. The zero-order chi connectivity index (χ0) is 18.5. The summed E-state index contributed by atoms with van der Waals surface area (Å²) in [6.07, 6.45) is 4.14. The van der Waals surface area contributed by atoms with Crippen LogP contribution < -0.4 is 0 Å². The van der Waals surface area contributed by atoms with Gasteiger partial charge in [-0.25, -0.2) is 4.68 Å². The van der Waals surface area contributed by atoms with Gasteiger partial charge in [-0.2, -0.15) is 0 Å². The Kier molecular flexibility index (Phi) is 5.92. The van der Waals surface area contributed by atoms with E-state index >= 15 is 0 Å². The van der Waals surface area contributed by atoms with Crippen LogP contribution in [-0.2, 0) is 17.9 Å². The van der Waals surface area contributed by atoms with Gasteiger partial charge in [0.25, 0.3) is 0 Å². The van der Waals surface area contributed by atoms with Gasteiger partial charge in [-0.1, -0.05) is 13.0 Å². The first-order chi connectivity index (χ1) is 12.5. The quantitative estimate of drug-likeness (QED) is 0.780. The average Bonchev–Trinajstić information content (AvgIpc) is 3.09. The molecule has 1 fully saturated rings. The van der Waals surface area contributed by atoms with Crippen LogP contribution in [0.1, 0.15) is 44.2 Å². The average molecular weight is 357 g/mol. The van der Waals surface area contributed by atoms with Crippen LogP contribution in [0.3, 0.4) is 0 Å². The largest absolute Gasteiger partial charge is 0.336 e. The summed E-state index contributed by atoms with van der Waals surface area (Å²) >= 11 is 0. The lowest BCUT2D eigenvalue weighted by Crippen LogP contribution is -2.35. The molecular formula is C18H27N7O. The van der Waals surface area contributed by atoms with Gasteiger partial charge in [-0.05, 0) is 61.3 Å². The van der Waals surface area contributed by atoms with Crippen LogP contribution in [0, 0.1) is 5.92 Å². The molecule has 8 heteroatoms. The Bertz CT molecular complexity index is 709. The molecule has 26 heavy (non-hydrogen) atoms. The number of hydrogen-bond donors (Lipinski definition) is 0. The van der Waals surface area contributed by atoms with E-state index in [4.69, 9.17) is 0 Å². The van der Waals surface area contributed by atoms with Gasteiger partial charge in [-0.15, -0.1) is 5.10 Å². The highest BCUT2D eigenvalue weighted by molar-refractivity contribution is 5.76. The van der Waals surface area contributed by atoms with E-state index in [1.807, 2.05) is 25.1 Å². The lowest BCUT2D eigenvalue weighted by Gasteiger charge is -2.29. The van der Waals surface area contributed by atoms with Crippen molar-refractivity contribution < 1.29 is 4.79 Å². The second-order valence-corrected chi connectivity index (χ2v) is 7.15. The van der Waals surface area contributed by atoms with Crippen molar-refractivity contribution in [2.75, 3.05) is 20.1 Å². The van der Waals surface area contributed by atoms with E-state index in [1.54, 1.807) is 22.8 Å². The topological polar surface area (TPSA) is 80.0 Å². The minimum absolute atomic E-state index is 0.0380. The maximum absolute atomic E-state index is 12.7. The van der Waals surface area contributed by atoms with Crippen LogP contribution in [0.25, 0.3) is 0 Å². The molecule has 3 rings (SSSR count). The maximum atomic E-state index is 12.7. The third kappa shape index (κ3) is 4.43. The Morgan fingerprint density at radius 1 is 1.35 bits per heavy atom. The lowest BCUT2D eigenvalue weighted by atomic mass is 9.99. The van der Waals surface area contributed by atoms with E-state index in [2.05, 4.69) is 32.3 Å². The van der Waals surface area contributed by atoms with Crippen molar-refractivity contribution in [2.45, 2.75) is 45.8 Å². The number of carbonyl (C=O) groups excluding carboxylic acids is 1. The predicted molar refractivity (Wildman–Crippen MR) is 96.9 cm³/mol. The molecule has 0 bridgehead atoms. The Hall–Kier alpha value is -2.35. The Morgan fingerprint density at radius 2 is 2.12 bits per heavy atom. The smallest absolute Gasteiger partial charge is 0.244 e. The molecule has 1 atom stereocenters. The SMILES string of the molecule is CC1CCN(Cc2nnnn2CC(=O)N(C)C(C)c2ccccn2)CC1. The molecule has 2 aromatic heterocycles. The molecular weight excluding hydrogens is 330 g/mol. The monoisotopic (exact) mass is 357 g/mol. The van der Waals surface area contributed by atoms with Gasteiger partial charge in [0, 0.05) is 13.2 Å². The van der Waals surface area contributed by atoms with Gasteiger partial charge in [0.1, 0.15) is 6.54 Å². The van der Waals surface area contributed by atoms with E-state index in [-0.39, 0.29) is 18.5 Å². The molecule has 0 radical (unpaired) electrons. The van der Waals surface area contributed by atoms with Crippen LogP contribution >= 0.6 is 0 Å². The predicted octanol–water partition coefficient (Wildman–Crippen LogP) is 1.52. The number of tetrazole rings is 1. The highest BCUT2D eigenvalue weighted by Gasteiger charge is 2.22. The molecule has 0 spiro atoms. The number of nitrogens with zero attached hydrogens (tertiary/aromatic N) is 7. The van der Waals surface area contributed by atoms with Crippen LogP contribution in [-0.4, -0.2) is 61.0 Å². The highest BCUT2D eigenvalue weighted by Crippen LogP contribution is 2.18. The van der Waals surface area contributed by atoms with Crippen molar-refractivity contribution in [1.29, 1.82) is 0 Å². The first kappa shape index (κ1) is 18.4. The fourth-order valence-electron chi connectivity index (χ4n) is 3.16. The van der Waals surface area contributed by atoms with Crippen molar-refractivity contribution in [3.63, 3.8) is 0 Å². The number of pyridine rings is 1. The van der Waals surface area contributed by atoms with Crippen molar-refractivity contribution in [1.82, 2.24) is 35.0 Å². The molecule has 8 nitrogen and oxygen atoms in total. The normalized spacial score (nSPS) is 17.2. The van der Waals surface area contributed by atoms with E-state index in [1.165, 1.54) is 12.8 Å². The fourth-order valence-corrected chi connectivity index (χ4v) is 3.16. The van der Waals surface area contributed by atoms with Gasteiger partial charge in [0.15, 0.2) is 5.82 Å². The van der Waals surface area contributed by atoms with Crippen molar-refractivity contribution >= 4 is 5.91 Å². The van der Waals surface area contributed by atoms with E-state index < -0.39 is 0 Å². The molecule has 0 aliphatic carbocycles. The number of amides is 1. The first-order valence-electron chi connectivity index (χ1n) is 9.18. The molecule has 1 unspecified atom stereocenters. The minimum Gasteiger partial charge on any atom is -0.336 e. The lowest BCUT2D eigenvalue weighted by molar-refractivity contribution is -0.132. The van der Waals surface area contributed by atoms with Crippen LogP contribution in [0.2, 0.25) is 0 Å². The fraction of sp³-hybridized carbons (Fsp3) is 0.611. The summed E-state index contributed by atoms with van der Waals surface area (Å²) in [5.74, 6) is 1.49. The van der Waals surface area contributed by atoms with Gasteiger partial charge in [0.05, 0.1) is 18.3 Å². The first-order valence-corrected chi connectivity index (χ1v) is 9.18. The van der Waals surface area contributed by atoms with Crippen molar-refractivity contribution in [2.24, 2.45) is 5.92 Å². The number of likely N-dealkylation sites (tertiary alicyclic amines) is 1. The molecule has 1 saturated heterocycles. The molecule has 2 aromatic rings. The summed E-state index contributed by atoms with van der Waals surface area (Å²) in [4.78, 5) is 21.1. The zero-order valence-corrected chi connectivity index (χ0v) is 15.7. The highest BCUT2D eigenvalue weighted by atomic mass is 16.2. The van der Waals surface area contributed by atoms with Gasteiger partial charge in [-0.3, -0.25) is 14.7 Å². The Balaban J connectivity index is 1.60. The molecule has 140 valence electrons. The van der Waals surface area contributed by atoms with Gasteiger partial charge >= 0.3 is 0 Å². The maximum Gasteiger partial charge on any atom is 0.244 e. The molecule has 0 N–H and O–H groups in total. The van der Waals surface area contributed by atoms with Crippen LogP contribution in [0.5, 0.6) is 0 Å². The molecule has 0 aromatic carbocycles. The van der Waals surface area contributed by atoms with Crippen LogP contribution in [0.15, 0.2) is 24.4 Å². The number of likely N-dealkylation sites (N-methyl/N-ethyl adjacent to an activating group) is 1. The van der Waals surface area contributed by atoms with Crippen molar-refractivity contribution in [3.8, 4) is 0 Å². The summed E-state index contributed by atoms with van der Waals surface area (Å²) in [6, 6.07) is 5.61. The second kappa shape index (κ2) is 8.35. The number of hydrogen-bond acceptors (Lipinski definition) is 6. The van der Waals surface area contributed by atoms with E-state index in [9.17, 15) is 4.79 Å². The molecule has 1 aliphatic heterocycles. The zero-order valence-electron chi connectivity index (χ0n) is 15.7. The van der Waals surface area contributed by atoms with E-state index in [0.717, 1.165) is 30.5 Å². The summed E-state index contributed by atoms with van der Waals surface area (Å²) in [6.45, 7) is 7.19. The van der Waals surface area contributed by atoms with Gasteiger partial charge in [0.2, 0.25) is 5.91 Å². The molecule has 3 heterocycles. The summed E-state index contributed by atoms with van der Waals surface area (Å²) in [7, 11) is 1.79. The Morgan fingerprint density at radius 3 is 2.81 bits per heavy atom. The third-order valence-electron chi connectivity index (χ3n) is 5.22. The van der Waals surface area contributed by atoms with Gasteiger partial charge < -0.3 is 4.90 Å². The number of rotatable bonds is 6. The number of piperidine rings is 1. The summed E-state index contributed by atoms with van der Waals surface area (Å²) in [5, 5.41) is 11.9. The minimum atomic E-state index is -0.104. The Labute approximate surface area is 154 Å². The number of carbonyl (C=O) groups is 1. The van der Waals surface area contributed by atoms with Crippen LogP contribution in [0.4, 0.5) is 0 Å².